The molecular weight excluding hydrogens is 266 g/mol. The van der Waals surface area contributed by atoms with E-state index in [9.17, 15) is 9.59 Å². The van der Waals surface area contributed by atoms with Gasteiger partial charge in [0.15, 0.2) is 5.78 Å². The van der Waals surface area contributed by atoms with Crippen LogP contribution in [0.1, 0.15) is 54.6 Å². The smallest absolute Gasteiger partial charge is 0.320 e. The van der Waals surface area contributed by atoms with Crippen LogP contribution in [0.15, 0.2) is 18.2 Å². The third-order valence-corrected chi connectivity index (χ3v) is 4.18. The van der Waals surface area contributed by atoms with Gasteiger partial charge in [-0.05, 0) is 56.2 Å². The first-order chi connectivity index (χ1) is 10.0. The molecular formula is C17H23NO3. The second-order valence-corrected chi connectivity index (χ2v) is 5.74. The van der Waals surface area contributed by atoms with Crippen LogP contribution >= 0.6 is 0 Å². The Hall–Kier alpha value is -1.68. The molecule has 21 heavy (non-hydrogen) atoms. The maximum atomic E-state index is 12.4. The summed E-state index contributed by atoms with van der Waals surface area (Å²) in [7, 11) is 0. The lowest BCUT2D eigenvalue weighted by atomic mass is 9.89. The van der Waals surface area contributed by atoms with Crippen molar-refractivity contribution in [1.82, 2.24) is 5.32 Å². The van der Waals surface area contributed by atoms with Gasteiger partial charge in [-0.2, -0.15) is 0 Å². The summed E-state index contributed by atoms with van der Waals surface area (Å²) in [4.78, 5) is 23.5. The lowest BCUT2D eigenvalue weighted by Crippen LogP contribution is -2.45. The summed E-state index contributed by atoms with van der Waals surface area (Å²) < 4.78 is 0. The Morgan fingerprint density at radius 3 is 2.52 bits per heavy atom. The summed E-state index contributed by atoms with van der Waals surface area (Å²) in [6, 6.07) is 4.72. The van der Waals surface area contributed by atoms with Gasteiger partial charge < -0.3 is 5.11 Å². The minimum Gasteiger partial charge on any atom is -0.480 e. The average molecular weight is 289 g/mol. The normalized spacial score (nSPS) is 16.9. The van der Waals surface area contributed by atoms with Crippen LogP contribution in [0.2, 0.25) is 0 Å². The van der Waals surface area contributed by atoms with Crippen LogP contribution in [0.4, 0.5) is 0 Å². The van der Waals surface area contributed by atoms with E-state index in [4.69, 9.17) is 5.11 Å². The van der Waals surface area contributed by atoms with E-state index in [0.29, 0.717) is 12.0 Å². The third kappa shape index (κ3) is 3.70. The van der Waals surface area contributed by atoms with Crippen LogP contribution in [0, 0.1) is 0 Å². The van der Waals surface area contributed by atoms with E-state index in [0.717, 1.165) is 12.8 Å². The highest BCUT2D eigenvalue weighted by molar-refractivity contribution is 6.00. The average Bonchev–Trinajstić information content (AvgIpc) is 2.50. The quantitative estimate of drug-likeness (QED) is 0.790. The topological polar surface area (TPSA) is 66.4 Å². The molecule has 0 radical (unpaired) electrons. The molecule has 2 rings (SSSR count). The Morgan fingerprint density at radius 2 is 1.90 bits per heavy atom. The number of aryl methyl sites for hydroxylation is 2. The Morgan fingerprint density at radius 1 is 1.24 bits per heavy atom. The fourth-order valence-corrected chi connectivity index (χ4v) is 2.88. The minimum absolute atomic E-state index is 0.0388. The molecule has 0 aliphatic heterocycles. The summed E-state index contributed by atoms with van der Waals surface area (Å²) in [6.45, 7) is 3.52. The molecule has 1 aliphatic carbocycles. The van der Waals surface area contributed by atoms with E-state index in [1.165, 1.54) is 24.0 Å². The molecule has 0 bridgehead atoms. The van der Waals surface area contributed by atoms with Gasteiger partial charge in [0.2, 0.25) is 0 Å². The predicted octanol–water partition coefficient (Wildman–Crippen LogP) is 2.59. The highest BCUT2D eigenvalue weighted by atomic mass is 16.4. The molecule has 0 heterocycles. The number of carboxylic acid groups (broad SMARTS) is 1. The predicted molar refractivity (Wildman–Crippen MR) is 81.7 cm³/mol. The molecule has 1 aromatic rings. The number of ketones is 1. The number of hydrogen-bond donors (Lipinski definition) is 2. The Bertz CT molecular complexity index is 539. The first-order valence-electron chi connectivity index (χ1n) is 7.67. The summed E-state index contributed by atoms with van der Waals surface area (Å²) in [5.41, 5.74) is 3.29. The van der Waals surface area contributed by atoms with Gasteiger partial charge >= 0.3 is 5.97 Å². The molecule has 2 atom stereocenters. The molecule has 1 aliphatic rings. The van der Waals surface area contributed by atoms with Gasteiger partial charge in [-0.3, -0.25) is 14.9 Å². The summed E-state index contributed by atoms with van der Waals surface area (Å²) in [5.74, 6) is -0.953. The van der Waals surface area contributed by atoms with Crippen LogP contribution in [0.5, 0.6) is 0 Å². The lowest BCUT2D eigenvalue weighted by Gasteiger charge is -2.20. The first-order valence-corrected chi connectivity index (χ1v) is 7.67. The highest BCUT2D eigenvalue weighted by Gasteiger charge is 2.23. The molecule has 4 heteroatoms. The Labute approximate surface area is 125 Å². The molecule has 1 aromatic carbocycles. The maximum Gasteiger partial charge on any atom is 0.320 e. The molecule has 0 saturated heterocycles. The van der Waals surface area contributed by atoms with E-state index in [2.05, 4.69) is 5.32 Å². The number of benzene rings is 1. The van der Waals surface area contributed by atoms with Crippen LogP contribution in [0.25, 0.3) is 0 Å². The third-order valence-electron chi connectivity index (χ3n) is 4.18. The van der Waals surface area contributed by atoms with Crippen molar-refractivity contribution in [3.05, 3.63) is 34.9 Å². The Kier molecular flexibility index (Phi) is 5.12. The van der Waals surface area contributed by atoms with Crippen molar-refractivity contribution < 1.29 is 14.7 Å². The fraction of sp³-hybridized carbons (Fsp3) is 0.529. The van der Waals surface area contributed by atoms with Gasteiger partial charge in [-0.1, -0.05) is 19.1 Å². The number of aliphatic carboxylic acids is 1. The zero-order chi connectivity index (χ0) is 15.4. The van der Waals surface area contributed by atoms with Crippen molar-refractivity contribution in [3.63, 3.8) is 0 Å². The first kappa shape index (κ1) is 15.7. The van der Waals surface area contributed by atoms with Crippen LogP contribution < -0.4 is 5.32 Å². The number of carbonyl (C=O) groups excluding carboxylic acids is 1. The molecule has 0 spiro atoms. The molecule has 2 unspecified atom stereocenters. The van der Waals surface area contributed by atoms with Gasteiger partial charge in [-0.15, -0.1) is 0 Å². The molecule has 114 valence electrons. The number of carboxylic acids is 1. The number of Topliss-reactive ketones (excluding diaryl/α,β-unsaturated/α-hetero) is 1. The zero-order valence-corrected chi connectivity index (χ0v) is 12.7. The maximum absolute atomic E-state index is 12.4. The van der Waals surface area contributed by atoms with E-state index in [-0.39, 0.29) is 5.78 Å². The van der Waals surface area contributed by atoms with Crippen molar-refractivity contribution in [1.29, 1.82) is 0 Å². The number of rotatable bonds is 6. The van der Waals surface area contributed by atoms with Gasteiger partial charge in [-0.25, -0.2) is 0 Å². The molecule has 4 nitrogen and oxygen atoms in total. The number of nitrogens with one attached hydrogen (secondary N) is 1. The largest absolute Gasteiger partial charge is 0.480 e. The van der Waals surface area contributed by atoms with Crippen molar-refractivity contribution >= 4 is 11.8 Å². The zero-order valence-electron chi connectivity index (χ0n) is 12.7. The summed E-state index contributed by atoms with van der Waals surface area (Å²) >= 11 is 0. The second-order valence-electron chi connectivity index (χ2n) is 5.74. The van der Waals surface area contributed by atoms with E-state index < -0.39 is 18.1 Å². The second kappa shape index (κ2) is 6.85. The van der Waals surface area contributed by atoms with E-state index in [1.807, 2.05) is 18.2 Å². The summed E-state index contributed by atoms with van der Waals surface area (Å²) in [6.07, 6.45) is 4.97. The SMILES string of the molecule is CCC(NC(C)C(=O)c1ccc2c(c1)CCCC2)C(=O)O. The lowest BCUT2D eigenvalue weighted by molar-refractivity contribution is -0.139. The minimum atomic E-state index is -0.914. The molecule has 0 saturated carbocycles. The van der Waals surface area contributed by atoms with Gasteiger partial charge in [0.05, 0.1) is 6.04 Å². The standard InChI is InChI=1S/C17H23NO3/c1-3-15(17(20)21)18-11(2)16(19)14-9-8-12-6-4-5-7-13(12)10-14/h8-11,15,18H,3-7H2,1-2H3,(H,20,21). The van der Waals surface area contributed by atoms with Gasteiger partial charge in [0.1, 0.15) is 6.04 Å². The van der Waals surface area contributed by atoms with E-state index >= 15 is 0 Å². The monoisotopic (exact) mass is 289 g/mol. The van der Waals surface area contributed by atoms with Crippen LogP contribution in [-0.2, 0) is 17.6 Å². The van der Waals surface area contributed by atoms with Crippen molar-refractivity contribution in [3.8, 4) is 0 Å². The van der Waals surface area contributed by atoms with E-state index in [1.54, 1.807) is 13.8 Å². The van der Waals surface area contributed by atoms with Gasteiger partial charge in [0, 0.05) is 5.56 Å². The molecule has 0 fully saturated rings. The molecule has 2 N–H and O–H groups in total. The van der Waals surface area contributed by atoms with Crippen molar-refractivity contribution in [2.45, 2.75) is 58.0 Å². The number of carbonyl (C=O) groups is 2. The fourth-order valence-electron chi connectivity index (χ4n) is 2.88. The number of fused-ring (bicyclic) bond motifs is 1. The van der Waals surface area contributed by atoms with Crippen molar-refractivity contribution in [2.75, 3.05) is 0 Å². The Balaban J connectivity index is 2.10. The van der Waals surface area contributed by atoms with Crippen LogP contribution in [-0.4, -0.2) is 28.9 Å². The molecule has 0 aromatic heterocycles. The van der Waals surface area contributed by atoms with Gasteiger partial charge in [0.25, 0.3) is 0 Å². The highest BCUT2D eigenvalue weighted by Crippen LogP contribution is 2.22. The molecule has 0 amide bonds. The number of hydrogen-bond acceptors (Lipinski definition) is 3. The van der Waals surface area contributed by atoms with Crippen LogP contribution in [0.3, 0.4) is 0 Å². The summed E-state index contributed by atoms with van der Waals surface area (Å²) in [5, 5.41) is 12.0. The van der Waals surface area contributed by atoms with Crippen molar-refractivity contribution in [2.24, 2.45) is 0 Å².